The number of rotatable bonds is 4. The van der Waals surface area contributed by atoms with Crippen LogP contribution in [0.3, 0.4) is 0 Å². The lowest BCUT2D eigenvalue weighted by Crippen LogP contribution is -2.10. The second-order valence-corrected chi connectivity index (χ2v) is 3.44. The fourth-order valence-electron chi connectivity index (χ4n) is 1.39. The van der Waals surface area contributed by atoms with Crippen molar-refractivity contribution in [2.24, 2.45) is 0 Å². The van der Waals surface area contributed by atoms with Crippen molar-refractivity contribution in [3.8, 4) is 0 Å². The highest BCUT2D eigenvalue weighted by atomic mass is 35.5. The molecule has 0 saturated carbocycles. The second kappa shape index (κ2) is 5.01. The van der Waals surface area contributed by atoms with Gasteiger partial charge in [0.1, 0.15) is 0 Å². The molecule has 1 N–H and O–H groups in total. The van der Waals surface area contributed by atoms with Crippen LogP contribution in [-0.4, -0.2) is 11.1 Å². The molecule has 1 rings (SSSR count). The van der Waals surface area contributed by atoms with Crippen molar-refractivity contribution >= 4 is 17.6 Å². The maximum Gasteiger partial charge on any atom is 0.310 e. The van der Waals surface area contributed by atoms with Gasteiger partial charge in [0.25, 0.3) is 0 Å². The molecule has 1 aromatic rings. The SMILES string of the molecule is CCC(C(=O)O)c1ccc(CCl)cc1. The monoisotopic (exact) mass is 212 g/mol. The molecule has 0 aliphatic heterocycles. The topological polar surface area (TPSA) is 37.3 Å². The average Bonchev–Trinajstić information content (AvgIpc) is 2.19. The van der Waals surface area contributed by atoms with Gasteiger partial charge in [-0.05, 0) is 17.5 Å². The zero-order valence-corrected chi connectivity index (χ0v) is 8.79. The van der Waals surface area contributed by atoms with E-state index in [0.717, 1.165) is 11.1 Å². The molecule has 0 spiro atoms. The highest BCUT2D eigenvalue weighted by Gasteiger charge is 2.16. The van der Waals surface area contributed by atoms with E-state index in [1.54, 1.807) is 0 Å². The van der Waals surface area contributed by atoms with Gasteiger partial charge in [-0.3, -0.25) is 4.79 Å². The Kier molecular flexibility index (Phi) is 3.96. The first-order valence-corrected chi connectivity index (χ1v) is 5.10. The Morgan fingerprint density at radius 3 is 2.36 bits per heavy atom. The van der Waals surface area contributed by atoms with Gasteiger partial charge in [-0.2, -0.15) is 0 Å². The van der Waals surface area contributed by atoms with Crippen molar-refractivity contribution in [1.82, 2.24) is 0 Å². The summed E-state index contributed by atoms with van der Waals surface area (Å²) in [7, 11) is 0. The van der Waals surface area contributed by atoms with Crippen molar-refractivity contribution in [2.45, 2.75) is 25.1 Å². The van der Waals surface area contributed by atoms with Crippen LogP contribution in [0.4, 0.5) is 0 Å². The van der Waals surface area contributed by atoms with E-state index in [4.69, 9.17) is 16.7 Å². The van der Waals surface area contributed by atoms with E-state index in [0.29, 0.717) is 12.3 Å². The third kappa shape index (κ3) is 2.48. The Hall–Kier alpha value is -1.02. The molecule has 0 saturated heterocycles. The molecule has 0 amide bonds. The van der Waals surface area contributed by atoms with Crippen molar-refractivity contribution in [1.29, 1.82) is 0 Å². The summed E-state index contributed by atoms with van der Waals surface area (Å²) in [6.45, 7) is 1.87. The Bertz CT molecular complexity index is 306. The maximum atomic E-state index is 10.9. The summed E-state index contributed by atoms with van der Waals surface area (Å²) in [6.07, 6.45) is 0.607. The summed E-state index contributed by atoms with van der Waals surface area (Å²) >= 11 is 5.64. The zero-order valence-electron chi connectivity index (χ0n) is 8.03. The van der Waals surface area contributed by atoms with Gasteiger partial charge in [-0.25, -0.2) is 0 Å². The molecular weight excluding hydrogens is 200 g/mol. The quantitative estimate of drug-likeness (QED) is 0.780. The molecule has 1 unspecified atom stereocenters. The Labute approximate surface area is 88.5 Å². The van der Waals surface area contributed by atoms with E-state index in [1.807, 2.05) is 31.2 Å². The minimum atomic E-state index is -0.772. The van der Waals surface area contributed by atoms with Crippen LogP contribution in [-0.2, 0) is 10.7 Å². The van der Waals surface area contributed by atoms with Crippen LogP contribution in [0, 0.1) is 0 Å². The fourth-order valence-corrected chi connectivity index (χ4v) is 1.57. The lowest BCUT2D eigenvalue weighted by molar-refractivity contribution is -0.138. The van der Waals surface area contributed by atoms with Crippen LogP contribution >= 0.6 is 11.6 Å². The molecule has 0 aliphatic carbocycles. The van der Waals surface area contributed by atoms with Gasteiger partial charge < -0.3 is 5.11 Å². The van der Waals surface area contributed by atoms with Gasteiger partial charge >= 0.3 is 5.97 Å². The van der Waals surface area contributed by atoms with Crippen LogP contribution in [0.25, 0.3) is 0 Å². The Balaban J connectivity index is 2.89. The number of carboxylic acid groups (broad SMARTS) is 1. The Morgan fingerprint density at radius 1 is 1.43 bits per heavy atom. The van der Waals surface area contributed by atoms with E-state index < -0.39 is 11.9 Å². The lowest BCUT2D eigenvalue weighted by atomic mass is 9.96. The highest BCUT2D eigenvalue weighted by molar-refractivity contribution is 6.17. The van der Waals surface area contributed by atoms with Gasteiger partial charge in [-0.1, -0.05) is 31.2 Å². The van der Waals surface area contributed by atoms with E-state index in [-0.39, 0.29) is 0 Å². The number of hydrogen-bond acceptors (Lipinski definition) is 1. The highest BCUT2D eigenvalue weighted by Crippen LogP contribution is 2.20. The van der Waals surface area contributed by atoms with Gasteiger partial charge in [0.05, 0.1) is 5.92 Å². The van der Waals surface area contributed by atoms with Gasteiger partial charge in [0, 0.05) is 5.88 Å². The largest absolute Gasteiger partial charge is 0.481 e. The molecule has 0 aliphatic rings. The van der Waals surface area contributed by atoms with Crippen molar-refractivity contribution < 1.29 is 9.90 Å². The summed E-state index contributed by atoms with van der Waals surface area (Å²) in [5.74, 6) is -0.713. The Morgan fingerprint density at radius 2 is 2.00 bits per heavy atom. The predicted octanol–water partition coefficient (Wildman–Crippen LogP) is 3.00. The number of aliphatic carboxylic acids is 1. The van der Waals surface area contributed by atoms with Crippen molar-refractivity contribution in [3.63, 3.8) is 0 Å². The number of carboxylic acids is 1. The standard InChI is InChI=1S/C11H13ClO2/c1-2-10(11(13)14)9-5-3-8(7-12)4-6-9/h3-6,10H,2,7H2,1H3,(H,13,14). The van der Waals surface area contributed by atoms with Gasteiger partial charge in [0.15, 0.2) is 0 Å². The molecule has 0 aromatic heterocycles. The normalized spacial score (nSPS) is 12.4. The van der Waals surface area contributed by atoms with E-state index in [2.05, 4.69) is 0 Å². The summed E-state index contributed by atoms with van der Waals surface area (Å²) in [4.78, 5) is 10.9. The molecule has 0 fully saturated rings. The zero-order chi connectivity index (χ0) is 10.6. The molecule has 14 heavy (non-hydrogen) atoms. The molecule has 1 aromatic carbocycles. The maximum absolute atomic E-state index is 10.9. The third-order valence-electron chi connectivity index (χ3n) is 2.24. The van der Waals surface area contributed by atoms with Crippen LogP contribution in [0.2, 0.25) is 0 Å². The summed E-state index contributed by atoms with van der Waals surface area (Å²) in [5, 5.41) is 8.93. The first-order valence-electron chi connectivity index (χ1n) is 4.56. The first kappa shape index (κ1) is 11.1. The molecule has 76 valence electrons. The van der Waals surface area contributed by atoms with E-state index in [1.165, 1.54) is 0 Å². The number of halogens is 1. The molecule has 0 radical (unpaired) electrons. The number of benzene rings is 1. The van der Waals surface area contributed by atoms with Gasteiger partial charge in [-0.15, -0.1) is 11.6 Å². The first-order chi connectivity index (χ1) is 6.69. The molecule has 0 heterocycles. The number of alkyl halides is 1. The van der Waals surface area contributed by atoms with Crippen molar-refractivity contribution in [3.05, 3.63) is 35.4 Å². The number of carbonyl (C=O) groups is 1. The average molecular weight is 213 g/mol. The molecule has 0 bridgehead atoms. The van der Waals surface area contributed by atoms with Crippen LogP contribution in [0.15, 0.2) is 24.3 Å². The van der Waals surface area contributed by atoms with Gasteiger partial charge in [0.2, 0.25) is 0 Å². The van der Waals surface area contributed by atoms with Crippen LogP contribution < -0.4 is 0 Å². The summed E-state index contributed by atoms with van der Waals surface area (Å²) < 4.78 is 0. The van der Waals surface area contributed by atoms with Crippen LogP contribution in [0.1, 0.15) is 30.4 Å². The van der Waals surface area contributed by atoms with E-state index in [9.17, 15) is 4.79 Å². The molecule has 2 nitrogen and oxygen atoms in total. The second-order valence-electron chi connectivity index (χ2n) is 3.17. The lowest BCUT2D eigenvalue weighted by Gasteiger charge is -2.09. The third-order valence-corrected chi connectivity index (χ3v) is 2.55. The van der Waals surface area contributed by atoms with Crippen molar-refractivity contribution in [2.75, 3.05) is 0 Å². The summed E-state index contributed by atoms with van der Waals surface area (Å²) in [6, 6.07) is 7.40. The minimum absolute atomic E-state index is 0.403. The van der Waals surface area contributed by atoms with E-state index >= 15 is 0 Å². The predicted molar refractivity (Wildman–Crippen MR) is 56.7 cm³/mol. The minimum Gasteiger partial charge on any atom is -0.481 e. The number of hydrogen-bond donors (Lipinski definition) is 1. The fraction of sp³-hybridized carbons (Fsp3) is 0.364. The smallest absolute Gasteiger partial charge is 0.310 e. The molecular formula is C11H13ClO2. The molecule has 1 atom stereocenters. The molecule has 3 heteroatoms. The van der Waals surface area contributed by atoms with Crippen LogP contribution in [0.5, 0.6) is 0 Å². The summed E-state index contributed by atoms with van der Waals surface area (Å²) in [5.41, 5.74) is 1.85.